The fraction of sp³-hybridized carbons (Fsp3) is 0.750. The summed E-state index contributed by atoms with van der Waals surface area (Å²) in [5.41, 5.74) is 5.12. The SMILES string of the molecule is CC(C)(C)OC(=O)N1CCC2(CCC(C(F)(F)F)N2C[C@@H]2C[C@@H](OC(C)(C)O)[C@H](n3ccc4c(N)ncnc43)O2)CC1. The summed E-state index contributed by atoms with van der Waals surface area (Å²) in [6.45, 7) is 8.99. The maximum Gasteiger partial charge on any atom is 0.410 e. The molecule has 4 atom stereocenters. The highest BCUT2D eigenvalue weighted by molar-refractivity contribution is 5.86. The number of amides is 1. The van der Waals surface area contributed by atoms with Gasteiger partial charge in [-0.2, -0.15) is 13.2 Å². The molecule has 5 rings (SSSR count). The maximum absolute atomic E-state index is 14.4. The number of fused-ring (bicyclic) bond motifs is 1. The summed E-state index contributed by atoms with van der Waals surface area (Å²) in [4.78, 5) is 24.1. The van der Waals surface area contributed by atoms with Gasteiger partial charge >= 0.3 is 12.3 Å². The Kier molecular flexibility index (Phi) is 7.91. The third kappa shape index (κ3) is 6.31. The van der Waals surface area contributed by atoms with E-state index >= 15 is 0 Å². The number of halogens is 3. The number of alkyl halides is 3. The van der Waals surface area contributed by atoms with Crippen LogP contribution in [-0.4, -0.2) is 96.5 Å². The molecule has 0 saturated carbocycles. The lowest BCUT2D eigenvalue weighted by molar-refractivity contribution is -0.222. The van der Waals surface area contributed by atoms with E-state index in [1.165, 1.54) is 20.2 Å². The Labute approximate surface area is 243 Å². The minimum atomic E-state index is -4.42. The van der Waals surface area contributed by atoms with Crippen LogP contribution in [0.3, 0.4) is 0 Å². The molecule has 1 amide bonds. The first-order valence-electron chi connectivity index (χ1n) is 14.4. The second kappa shape index (κ2) is 10.8. The van der Waals surface area contributed by atoms with Gasteiger partial charge in [-0.05, 0) is 66.4 Å². The lowest BCUT2D eigenvalue weighted by atomic mass is 9.85. The van der Waals surface area contributed by atoms with E-state index in [1.54, 1.807) is 47.4 Å². The fourth-order valence-corrected chi connectivity index (χ4v) is 6.64. The number of nitrogens with two attached hydrogens (primary N) is 1. The van der Waals surface area contributed by atoms with Gasteiger partial charge in [0.05, 0.1) is 11.5 Å². The smallest absolute Gasteiger partial charge is 0.410 e. The van der Waals surface area contributed by atoms with Gasteiger partial charge in [0.25, 0.3) is 0 Å². The van der Waals surface area contributed by atoms with Crippen LogP contribution in [0.25, 0.3) is 11.0 Å². The number of rotatable bonds is 5. The van der Waals surface area contributed by atoms with Gasteiger partial charge in [-0.1, -0.05) is 0 Å². The van der Waals surface area contributed by atoms with Gasteiger partial charge in [0.2, 0.25) is 0 Å². The molecule has 3 aliphatic heterocycles. The number of ether oxygens (including phenoxy) is 3. The van der Waals surface area contributed by atoms with Crippen molar-refractivity contribution in [3.63, 3.8) is 0 Å². The van der Waals surface area contributed by atoms with Crippen LogP contribution in [-0.2, 0) is 14.2 Å². The Hall–Kier alpha value is -2.68. The van der Waals surface area contributed by atoms with Crippen molar-refractivity contribution in [1.82, 2.24) is 24.3 Å². The number of hydrogen-bond donors (Lipinski definition) is 2. The first-order chi connectivity index (χ1) is 19.5. The normalized spacial score (nSPS) is 27.3. The third-order valence-corrected chi connectivity index (χ3v) is 8.39. The van der Waals surface area contributed by atoms with Crippen LogP contribution in [0.1, 0.15) is 73.0 Å². The first kappa shape index (κ1) is 30.8. The van der Waals surface area contributed by atoms with Crippen LogP contribution < -0.4 is 5.73 Å². The molecule has 0 aromatic carbocycles. The van der Waals surface area contributed by atoms with Crippen molar-refractivity contribution < 1.29 is 37.3 Å². The molecule has 14 heteroatoms. The second-order valence-electron chi connectivity index (χ2n) is 13.1. The molecule has 234 valence electrons. The molecule has 42 heavy (non-hydrogen) atoms. The molecule has 3 N–H and O–H groups in total. The minimum Gasteiger partial charge on any atom is -0.444 e. The molecular weight excluding hydrogens is 557 g/mol. The zero-order valence-corrected chi connectivity index (χ0v) is 24.7. The molecule has 0 bridgehead atoms. The van der Waals surface area contributed by atoms with Gasteiger partial charge in [0.1, 0.15) is 35.5 Å². The highest BCUT2D eigenvalue weighted by Crippen LogP contribution is 2.48. The van der Waals surface area contributed by atoms with E-state index < -0.39 is 53.7 Å². The highest BCUT2D eigenvalue weighted by atomic mass is 19.4. The zero-order valence-electron chi connectivity index (χ0n) is 24.7. The van der Waals surface area contributed by atoms with Crippen molar-refractivity contribution in [3.05, 3.63) is 18.6 Å². The molecule has 1 unspecified atom stereocenters. The summed E-state index contributed by atoms with van der Waals surface area (Å²) < 4.78 is 62.7. The van der Waals surface area contributed by atoms with E-state index in [-0.39, 0.29) is 25.2 Å². The van der Waals surface area contributed by atoms with Gasteiger partial charge in [-0.25, -0.2) is 14.8 Å². The largest absolute Gasteiger partial charge is 0.444 e. The number of aromatic nitrogens is 3. The number of likely N-dealkylation sites (tertiary alicyclic amines) is 2. The molecular formula is C28H41F3N6O5. The van der Waals surface area contributed by atoms with E-state index in [0.29, 0.717) is 43.4 Å². The molecule has 1 spiro atoms. The maximum atomic E-state index is 14.4. The molecule has 3 saturated heterocycles. The Morgan fingerprint density at radius 1 is 1.17 bits per heavy atom. The second-order valence-corrected chi connectivity index (χ2v) is 13.1. The summed E-state index contributed by atoms with van der Waals surface area (Å²) >= 11 is 0. The highest BCUT2D eigenvalue weighted by Gasteiger charge is 2.58. The number of nitrogen functional groups attached to an aromatic ring is 1. The monoisotopic (exact) mass is 598 g/mol. The van der Waals surface area contributed by atoms with Crippen molar-refractivity contribution in [1.29, 1.82) is 0 Å². The number of hydrogen-bond acceptors (Lipinski definition) is 9. The van der Waals surface area contributed by atoms with E-state index in [1.807, 2.05) is 0 Å². The zero-order chi connectivity index (χ0) is 30.7. The Bertz CT molecular complexity index is 1280. The van der Waals surface area contributed by atoms with Crippen molar-refractivity contribution in [2.75, 3.05) is 25.4 Å². The number of carbonyl (C=O) groups excluding carboxylic acids is 1. The molecule has 11 nitrogen and oxygen atoms in total. The first-order valence-corrected chi connectivity index (χ1v) is 14.4. The summed E-state index contributed by atoms with van der Waals surface area (Å²) in [6.07, 6.45) is -2.45. The molecule has 5 heterocycles. The van der Waals surface area contributed by atoms with Gasteiger partial charge < -0.3 is 34.5 Å². The van der Waals surface area contributed by atoms with Crippen molar-refractivity contribution >= 4 is 22.9 Å². The summed E-state index contributed by atoms with van der Waals surface area (Å²) in [6, 6.07) is 0.123. The molecule has 3 aliphatic rings. The van der Waals surface area contributed by atoms with Gasteiger partial charge in [0.15, 0.2) is 12.0 Å². The van der Waals surface area contributed by atoms with Crippen LogP contribution in [0.4, 0.5) is 23.8 Å². The van der Waals surface area contributed by atoms with Gasteiger partial charge in [0, 0.05) is 37.8 Å². The number of piperidine rings is 1. The van der Waals surface area contributed by atoms with E-state index in [4.69, 9.17) is 19.9 Å². The van der Waals surface area contributed by atoms with Crippen molar-refractivity contribution in [3.8, 4) is 0 Å². The predicted molar refractivity (Wildman–Crippen MR) is 147 cm³/mol. The third-order valence-electron chi connectivity index (χ3n) is 8.39. The number of anilines is 1. The standard InChI is InChI=1S/C28H41F3N6O5/c1-25(2,3)42-24(38)35-12-9-27(10-13-35)8-6-20(28(29,30)31)37(27)15-17-14-19(41-26(4,5)39)23(40-17)36-11-7-18-21(32)33-16-34-22(18)36/h7,11,16-17,19-20,23,39H,6,8-10,12-15H2,1-5H3,(H2,32,33,34)/t17-,19+,20?,23+/m0/s1. The van der Waals surface area contributed by atoms with Crippen LogP contribution in [0, 0.1) is 0 Å². The molecule has 3 fully saturated rings. The van der Waals surface area contributed by atoms with Crippen molar-refractivity contribution in [2.45, 2.75) is 114 Å². The van der Waals surface area contributed by atoms with E-state index in [0.717, 1.165) is 0 Å². The number of aliphatic hydroxyl groups is 1. The van der Waals surface area contributed by atoms with E-state index in [2.05, 4.69) is 9.97 Å². The lowest BCUT2D eigenvalue weighted by Gasteiger charge is -2.47. The fourth-order valence-electron chi connectivity index (χ4n) is 6.64. The Morgan fingerprint density at radius 2 is 1.86 bits per heavy atom. The predicted octanol–water partition coefficient (Wildman–Crippen LogP) is 4.21. The van der Waals surface area contributed by atoms with Crippen LogP contribution >= 0.6 is 0 Å². The summed E-state index contributed by atoms with van der Waals surface area (Å²) in [7, 11) is 0. The van der Waals surface area contributed by atoms with Crippen molar-refractivity contribution in [2.24, 2.45) is 0 Å². The average molecular weight is 599 g/mol. The summed E-state index contributed by atoms with van der Waals surface area (Å²) in [5, 5.41) is 11.1. The quantitative estimate of drug-likeness (QED) is 0.487. The Morgan fingerprint density at radius 3 is 2.48 bits per heavy atom. The molecule has 0 radical (unpaired) electrons. The molecule has 0 aliphatic carbocycles. The lowest BCUT2D eigenvalue weighted by Crippen LogP contribution is -2.59. The average Bonchev–Trinajstić information content (AvgIpc) is 3.54. The molecule has 2 aromatic rings. The molecule has 2 aromatic heterocycles. The minimum absolute atomic E-state index is 0.0197. The van der Waals surface area contributed by atoms with Crippen LogP contribution in [0.15, 0.2) is 18.6 Å². The Balaban J connectivity index is 1.38. The van der Waals surface area contributed by atoms with Gasteiger partial charge in [-0.3, -0.25) is 4.90 Å². The number of carbonyl (C=O) groups is 1. The number of nitrogens with zero attached hydrogens (tertiary/aromatic N) is 5. The van der Waals surface area contributed by atoms with E-state index in [9.17, 15) is 23.1 Å². The van der Waals surface area contributed by atoms with Gasteiger partial charge in [-0.15, -0.1) is 0 Å². The van der Waals surface area contributed by atoms with Crippen LogP contribution in [0.2, 0.25) is 0 Å². The topological polar surface area (TPSA) is 128 Å². The van der Waals surface area contributed by atoms with Crippen LogP contribution in [0.5, 0.6) is 0 Å². The summed E-state index contributed by atoms with van der Waals surface area (Å²) in [5.74, 6) is -1.21.